The fraction of sp³-hybridized carbons (Fsp3) is 0.259. The van der Waals surface area contributed by atoms with Gasteiger partial charge in [-0.05, 0) is 62.2 Å². The van der Waals surface area contributed by atoms with Gasteiger partial charge in [-0.2, -0.15) is 17.5 Å². The lowest BCUT2D eigenvalue weighted by Gasteiger charge is -2.26. The molecule has 206 valence electrons. The maximum absolute atomic E-state index is 13.3. The highest BCUT2D eigenvalue weighted by molar-refractivity contribution is 7.89. The summed E-state index contributed by atoms with van der Waals surface area (Å²) in [6.07, 6.45) is -5.66. The number of hydrogen-bond acceptors (Lipinski definition) is 4. The zero-order valence-electron chi connectivity index (χ0n) is 21.2. The fourth-order valence-electron chi connectivity index (χ4n) is 4.45. The van der Waals surface area contributed by atoms with Crippen LogP contribution in [0.2, 0.25) is 5.02 Å². The number of halogens is 4. The van der Waals surface area contributed by atoms with Crippen molar-refractivity contribution in [3.63, 3.8) is 0 Å². The Morgan fingerprint density at radius 2 is 1.72 bits per heavy atom. The van der Waals surface area contributed by atoms with E-state index in [0.717, 1.165) is 11.6 Å². The average Bonchev–Trinajstić information content (AvgIpc) is 3.20. The molecule has 0 aliphatic heterocycles. The van der Waals surface area contributed by atoms with Crippen molar-refractivity contribution < 1.29 is 31.5 Å². The second kappa shape index (κ2) is 10.5. The van der Waals surface area contributed by atoms with Gasteiger partial charge < -0.3 is 5.11 Å². The number of hydrogen-bond donors (Lipinski definition) is 1. The molecule has 0 bridgehead atoms. The summed E-state index contributed by atoms with van der Waals surface area (Å²) in [6.45, 7) is 5.13. The van der Waals surface area contributed by atoms with E-state index in [1.165, 1.54) is 25.1 Å². The zero-order valence-corrected chi connectivity index (χ0v) is 22.8. The van der Waals surface area contributed by atoms with E-state index in [1.54, 1.807) is 47.9 Å². The number of nitrogens with zero attached hydrogens (tertiary/aromatic N) is 3. The first-order valence-corrected chi connectivity index (χ1v) is 13.8. The van der Waals surface area contributed by atoms with E-state index in [4.69, 9.17) is 11.6 Å². The molecule has 1 N–H and O–H groups in total. The van der Waals surface area contributed by atoms with Crippen molar-refractivity contribution in [2.45, 2.75) is 50.7 Å². The van der Waals surface area contributed by atoms with E-state index in [2.05, 4.69) is 4.98 Å². The summed E-state index contributed by atoms with van der Waals surface area (Å²) < 4.78 is 68.3. The molecule has 4 aromatic rings. The van der Waals surface area contributed by atoms with Gasteiger partial charge in [0.25, 0.3) is 10.0 Å². The molecule has 0 aliphatic carbocycles. The summed E-state index contributed by atoms with van der Waals surface area (Å²) in [4.78, 5) is 16.2. The number of carbonyl (C=O) groups is 1. The molecule has 0 radical (unpaired) electrons. The molecule has 0 saturated carbocycles. The molecule has 12 heteroatoms. The van der Waals surface area contributed by atoms with Crippen LogP contribution in [0.1, 0.15) is 36.4 Å². The Hall–Kier alpha value is -3.57. The lowest BCUT2D eigenvalue weighted by molar-refractivity contribution is -0.137. The quantitative estimate of drug-likeness (QED) is 0.258. The fourth-order valence-corrected chi connectivity index (χ4v) is 6.17. The van der Waals surface area contributed by atoms with Gasteiger partial charge >= 0.3 is 12.3 Å². The van der Waals surface area contributed by atoms with Crippen LogP contribution >= 0.6 is 11.6 Å². The third-order valence-electron chi connectivity index (χ3n) is 6.33. The number of benzene rings is 3. The minimum absolute atomic E-state index is 0.101. The summed E-state index contributed by atoms with van der Waals surface area (Å²) in [7, 11) is -4.30. The molecule has 0 aliphatic rings. The highest BCUT2D eigenvalue weighted by atomic mass is 35.5. The predicted octanol–water partition coefficient (Wildman–Crippen LogP) is 6.87. The Morgan fingerprint density at radius 1 is 1.10 bits per heavy atom. The predicted molar refractivity (Wildman–Crippen MR) is 142 cm³/mol. The Balaban J connectivity index is 1.65. The van der Waals surface area contributed by atoms with Gasteiger partial charge in [-0.25, -0.2) is 18.2 Å². The normalized spacial score (nSPS) is 13.0. The van der Waals surface area contributed by atoms with Gasteiger partial charge in [0.2, 0.25) is 0 Å². The number of fused-ring (bicyclic) bond motifs is 1. The van der Waals surface area contributed by atoms with Gasteiger partial charge in [0.05, 0.1) is 32.6 Å². The number of rotatable bonds is 7. The third-order valence-corrected chi connectivity index (χ3v) is 8.54. The monoisotopic (exact) mass is 579 g/mol. The van der Waals surface area contributed by atoms with E-state index in [0.29, 0.717) is 33.3 Å². The number of aryl methyl sites for hydroxylation is 2. The minimum Gasteiger partial charge on any atom is -0.464 e. The van der Waals surface area contributed by atoms with Crippen molar-refractivity contribution in [3.05, 3.63) is 88.2 Å². The van der Waals surface area contributed by atoms with Crippen molar-refractivity contribution in [3.8, 4) is 5.69 Å². The van der Waals surface area contributed by atoms with Gasteiger partial charge in [0.15, 0.2) is 0 Å². The largest absolute Gasteiger partial charge is 0.464 e. The van der Waals surface area contributed by atoms with Crippen LogP contribution < -0.4 is 0 Å². The average molecular weight is 580 g/mol. The van der Waals surface area contributed by atoms with E-state index < -0.39 is 38.9 Å². The molecule has 3 aromatic carbocycles. The molecule has 1 atom stereocenters. The van der Waals surface area contributed by atoms with Crippen LogP contribution in [0.5, 0.6) is 0 Å². The van der Waals surface area contributed by atoms with Crippen LogP contribution in [0.25, 0.3) is 16.7 Å². The van der Waals surface area contributed by atoms with Crippen molar-refractivity contribution in [1.82, 2.24) is 13.9 Å². The summed E-state index contributed by atoms with van der Waals surface area (Å²) >= 11 is 5.96. The zero-order chi connectivity index (χ0) is 28.7. The van der Waals surface area contributed by atoms with Crippen LogP contribution in [0.4, 0.5) is 18.0 Å². The summed E-state index contributed by atoms with van der Waals surface area (Å²) in [5.74, 6) is 0.530. The third kappa shape index (κ3) is 5.60. The van der Waals surface area contributed by atoms with Gasteiger partial charge in [-0.1, -0.05) is 48.4 Å². The summed E-state index contributed by atoms with van der Waals surface area (Å²) in [6, 6.07) is 14.0. The lowest BCUT2D eigenvalue weighted by Crippen LogP contribution is -2.43. The Kier molecular flexibility index (Phi) is 7.68. The van der Waals surface area contributed by atoms with Crippen LogP contribution in [0.15, 0.2) is 65.6 Å². The highest BCUT2D eigenvalue weighted by Crippen LogP contribution is 2.38. The number of alkyl halides is 3. The maximum atomic E-state index is 13.3. The molecular weight excluding hydrogens is 555 g/mol. The van der Waals surface area contributed by atoms with Gasteiger partial charge in [0, 0.05) is 12.1 Å². The van der Waals surface area contributed by atoms with Crippen molar-refractivity contribution >= 4 is 38.8 Å². The molecular formula is C27H25ClF3N3O4S. The van der Waals surface area contributed by atoms with Gasteiger partial charge in [0.1, 0.15) is 5.82 Å². The molecule has 0 saturated heterocycles. The second-order valence-electron chi connectivity index (χ2n) is 9.15. The van der Waals surface area contributed by atoms with Crippen molar-refractivity contribution in [2.24, 2.45) is 0 Å². The number of sulfonamides is 1. The maximum Gasteiger partial charge on any atom is 0.421 e. The number of imidazole rings is 1. The van der Waals surface area contributed by atoms with E-state index in [-0.39, 0.29) is 16.8 Å². The van der Waals surface area contributed by atoms with Crippen LogP contribution in [0.3, 0.4) is 0 Å². The number of carboxylic acid groups (broad SMARTS) is 1. The molecule has 0 spiro atoms. The number of amides is 1. The molecule has 1 heterocycles. The summed E-state index contributed by atoms with van der Waals surface area (Å²) in [5, 5.41) is 9.31. The van der Waals surface area contributed by atoms with E-state index in [1.807, 2.05) is 6.92 Å². The topological polar surface area (TPSA) is 92.5 Å². The minimum atomic E-state index is -4.61. The summed E-state index contributed by atoms with van der Waals surface area (Å²) in [5.41, 5.74) is 1.72. The molecule has 1 aromatic heterocycles. The van der Waals surface area contributed by atoms with E-state index in [9.17, 15) is 31.5 Å². The Labute approximate surface area is 228 Å². The van der Waals surface area contributed by atoms with E-state index >= 15 is 0 Å². The molecule has 39 heavy (non-hydrogen) atoms. The van der Waals surface area contributed by atoms with Crippen LogP contribution in [0, 0.1) is 6.92 Å². The van der Waals surface area contributed by atoms with Crippen molar-refractivity contribution in [2.75, 3.05) is 0 Å². The highest BCUT2D eigenvalue weighted by Gasteiger charge is 2.35. The first-order valence-electron chi connectivity index (χ1n) is 12.0. The second-order valence-corrected chi connectivity index (χ2v) is 11.4. The Bertz CT molecular complexity index is 1630. The molecule has 1 amide bonds. The lowest BCUT2D eigenvalue weighted by atomic mass is 10.1. The molecule has 4 rings (SSSR count). The SMILES string of the molecule is CCc1nc2cc(C(F)(F)F)c(Cl)cc2n1-c1ccc(C[C@H](C)N(C(=O)O)S(=O)(=O)c2ccc(C)cc2)cc1. The first kappa shape index (κ1) is 28.4. The first-order chi connectivity index (χ1) is 18.2. The van der Waals surface area contributed by atoms with Gasteiger partial charge in [-0.15, -0.1) is 0 Å². The molecule has 7 nitrogen and oxygen atoms in total. The Morgan fingerprint density at radius 3 is 2.26 bits per heavy atom. The molecule has 0 unspecified atom stereocenters. The smallest absolute Gasteiger partial charge is 0.421 e. The van der Waals surface area contributed by atoms with Crippen LogP contribution in [-0.4, -0.2) is 39.5 Å². The standard InChI is InChI=1S/C27H25ClF3N3O4S/c1-4-25-32-23-14-21(27(29,30)31)22(28)15-24(23)33(25)19-9-7-18(8-10-19)13-17(3)34(26(35)36)39(37,38)20-11-5-16(2)6-12-20/h5-12,14-15,17H,4,13H2,1-3H3,(H,35,36)/t17-/m0/s1. The van der Waals surface area contributed by atoms with Crippen molar-refractivity contribution in [1.29, 1.82) is 0 Å². The molecule has 0 fully saturated rings. The van der Waals surface area contributed by atoms with Gasteiger partial charge in [-0.3, -0.25) is 4.57 Å². The number of aromatic nitrogens is 2. The van der Waals surface area contributed by atoms with Crippen LogP contribution in [-0.2, 0) is 29.0 Å².